The molecule has 110 valence electrons. The minimum atomic E-state index is 0.105. The van der Waals surface area contributed by atoms with Gasteiger partial charge < -0.3 is 14.4 Å². The van der Waals surface area contributed by atoms with Crippen LogP contribution in [-0.2, 0) is 4.74 Å². The van der Waals surface area contributed by atoms with Gasteiger partial charge in [-0.25, -0.2) is 0 Å². The van der Waals surface area contributed by atoms with Crippen LogP contribution in [0.2, 0.25) is 0 Å². The second-order valence-corrected chi connectivity index (χ2v) is 5.69. The van der Waals surface area contributed by atoms with Gasteiger partial charge >= 0.3 is 0 Å². The first-order chi connectivity index (χ1) is 9.72. The molecule has 1 aliphatic rings. The molecule has 0 aliphatic carbocycles. The summed E-state index contributed by atoms with van der Waals surface area (Å²) in [5.41, 5.74) is 0.706. The van der Waals surface area contributed by atoms with E-state index in [9.17, 15) is 4.79 Å². The number of ether oxygens (including phenoxy) is 2. The SMILES string of the molecule is COCCOc1ccc(C(=O)N2CCCCC2)cc1Br. The first-order valence-electron chi connectivity index (χ1n) is 6.93. The predicted molar refractivity (Wildman–Crippen MR) is 81.3 cm³/mol. The molecule has 1 saturated heterocycles. The summed E-state index contributed by atoms with van der Waals surface area (Å²) in [5.74, 6) is 0.839. The second-order valence-electron chi connectivity index (χ2n) is 4.84. The Balaban J connectivity index is 2.02. The molecule has 0 spiro atoms. The molecule has 1 amide bonds. The predicted octanol–water partition coefficient (Wildman–Crippen LogP) is 3.10. The Kier molecular flexibility index (Phi) is 5.86. The zero-order chi connectivity index (χ0) is 14.4. The maximum absolute atomic E-state index is 12.4. The van der Waals surface area contributed by atoms with Crippen molar-refractivity contribution in [2.24, 2.45) is 0 Å². The second kappa shape index (κ2) is 7.64. The smallest absolute Gasteiger partial charge is 0.253 e. The maximum atomic E-state index is 12.4. The first kappa shape index (κ1) is 15.3. The van der Waals surface area contributed by atoms with Crippen LogP contribution in [0.4, 0.5) is 0 Å². The highest BCUT2D eigenvalue weighted by atomic mass is 79.9. The van der Waals surface area contributed by atoms with Crippen molar-refractivity contribution in [3.8, 4) is 5.75 Å². The lowest BCUT2D eigenvalue weighted by molar-refractivity contribution is 0.0724. The monoisotopic (exact) mass is 341 g/mol. The van der Waals surface area contributed by atoms with Gasteiger partial charge in [-0.1, -0.05) is 0 Å². The standard InChI is InChI=1S/C15H20BrNO3/c1-19-9-10-20-14-6-5-12(11-13(14)16)15(18)17-7-3-2-4-8-17/h5-6,11H,2-4,7-10H2,1H3. The van der Waals surface area contributed by atoms with Crippen molar-refractivity contribution in [3.63, 3.8) is 0 Å². The number of halogens is 1. The summed E-state index contributed by atoms with van der Waals surface area (Å²) in [6, 6.07) is 5.49. The highest BCUT2D eigenvalue weighted by Crippen LogP contribution is 2.27. The van der Waals surface area contributed by atoms with Gasteiger partial charge in [0.1, 0.15) is 12.4 Å². The Hall–Kier alpha value is -1.07. The maximum Gasteiger partial charge on any atom is 0.253 e. The Morgan fingerprint density at radius 1 is 1.25 bits per heavy atom. The third kappa shape index (κ3) is 3.96. The van der Waals surface area contributed by atoms with Crippen molar-refractivity contribution in [1.82, 2.24) is 4.90 Å². The molecular formula is C15H20BrNO3. The number of hydrogen-bond acceptors (Lipinski definition) is 3. The highest BCUT2D eigenvalue weighted by molar-refractivity contribution is 9.10. The number of benzene rings is 1. The molecular weight excluding hydrogens is 322 g/mol. The van der Waals surface area contributed by atoms with E-state index in [0.717, 1.165) is 36.2 Å². The van der Waals surface area contributed by atoms with E-state index >= 15 is 0 Å². The van der Waals surface area contributed by atoms with E-state index < -0.39 is 0 Å². The van der Waals surface area contributed by atoms with Crippen LogP contribution in [0.3, 0.4) is 0 Å². The zero-order valence-corrected chi connectivity index (χ0v) is 13.3. The molecule has 0 unspecified atom stereocenters. The molecule has 1 aromatic rings. The van der Waals surface area contributed by atoms with Crippen LogP contribution in [0.1, 0.15) is 29.6 Å². The molecule has 20 heavy (non-hydrogen) atoms. The van der Waals surface area contributed by atoms with Gasteiger partial charge in [0.2, 0.25) is 0 Å². The largest absolute Gasteiger partial charge is 0.490 e. The summed E-state index contributed by atoms with van der Waals surface area (Å²) >= 11 is 3.46. The van der Waals surface area contributed by atoms with Crippen molar-refractivity contribution in [3.05, 3.63) is 28.2 Å². The van der Waals surface area contributed by atoms with Crippen molar-refractivity contribution in [2.75, 3.05) is 33.4 Å². The van der Waals surface area contributed by atoms with Gasteiger partial charge in [-0.3, -0.25) is 4.79 Å². The average Bonchev–Trinajstić information content (AvgIpc) is 2.49. The topological polar surface area (TPSA) is 38.8 Å². The molecule has 5 heteroatoms. The van der Waals surface area contributed by atoms with E-state index in [0.29, 0.717) is 18.8 Å². The third-order valence-corrected chi connectivity index (χ3v) is 3.99. The van der Waals surface area contributed by atoms with E-state index in [-0.39, 0.29) is 5.91 Å². The molecule has 0 bridgehead atoms. The van der Waals surface area contributed by atoms with Gasteiger partial charge in [0, 0.05) is 25.8 Å². The Morgan fingerprint density at radius 3 is 2.65 bits per heavy atom. The summed E-state index contributed by atoms with van der Waals surface area (Å²) in [6.45, 7) is 2.76. The quantitative estimate of drug-likeness (QED) is 0.772. The van der Waals surface area contributed by atoms with Gasteiger partial charge in [0.05, 0.1) is 11.1 Å². The number of likely N-dealkylation sites (tertiary alicyclic amines) is 1. The molecule has 0 aromatic heterocycles. The zero-order valence-electron chi connectivity index (χ0n) is 11.7. The molecule has 0 N–H and O–H groups in total. The minimum Gasteiger partial charge on any atom is -0.490 e. The number of nitrogens with zero attached hydrogens (tertiary/aromatic N) is 1. The summed E-state index contributed by atoms with van der Waals surface area (Å²) in [4.78, 5) is 14.3. The molecule has 0 saturated carbocycles. The number of carbonyl (C=O) groups is 1. The Morgan fingerprint density at radius 2 is 2.00 bits per heavy atom. The number of piperidine rings is 1. The fourth-order valence-electron chi connectivity index (χ4n) is 2.27. The molecule has 1 fully saturated rings. The molecule has 4 nitrogen and oxygen atoms in total. The average molecular weight is 342 g/mol. The van der Waals surface area contributed by atoms with Crippen LogP contribution in [-0.4, -0.2) is 44.2 Å². The number of amides is 1. The van der Waals surface area contributed by atoms with Crippen LogP contribution in [0.5, 0.6) is 5.75 Å². The fourth-order valence-corrected chi connectivity index (χ4v) is 2.76. The molecule has 0 radical (unpaired) electrons. The highest BCUT2D eigenvalue weighted by Gasteiger charge is 2.18. The van der Waals surface area contributed by atoms with Crippen LogP contribution in [0.15, 0.2) is 22.7 Å². The lowest BCUT2D eigenvalue weighted by Gasteiger charge is -2.26. The summed E-state index contributed by atoms with van der Waals surface area (Å²) < 4.78 is 11.3. The lowest BCUT2D eigenvalue weighted by Crippen LogP contribution is -2.35. The first-order valence-corrected chi connectivity index (χ1v) is 7.72. The summed E-state index contributed by atoms with van der Waals surface area (Å²) in [5, 5.41) is 0. The number of rotatable bonds is 5. The normalized spacial score (nSPS) is 15.2. The minimum absolute atomic E-state index is 0.105. The van der Waals surface area contributed by atoms with Crippen LogP contribution in [0, 0.1) is 0 Å². The fraction of sp³-hybridized carbons (Fsp3) is 0.533. The van der Waals surface area contributed by atoms with E-state index in [1.54, 1.807) is 7.11 Å². The van der Waals surface area contributed by atoms with Gasteiger partial charge in [-0.2, -0.15) is 0 Å². The van der Waals surface area contributed by atoms with Gasteiger partial charge in [-0.15, -0.1) is 0 Å². The van der Waals surface area contributed by atoms with E-state index in [1.165, 1.54) is 6.42 Å². The summed E-state index contributed by atoms with van der Waals surface area (Å²) in [6.07, 6.45) is 3.43. The molecule has 1 aromatic carbocycles. The van der Waals surface area contributed by atoms with E-state index in [2.05, 4.69) is 15.9 Å². The van der Waals surface area contributed by atoms with Crippen molar-refractivity contribution >= 4 is 21.8 Å². The van der Waals surface area contributed by atoms with Gasteiger partial charge in [0.15, 0.2) is 0 Å². The molecule has 0 atom stereocenters. The van der Waals surface area contributed by atoms with Crippen LogP contribution in [0.25, 0.3) is 0 Å². The molecule has 1 aliphatic heterocycles. The van der Waals surface area contributed by atoms with E-state index in [4.69, 9.17) is 9.47 Å². The van der Waals surface area contributed by atoms with Crippen molar-refractivity contribution in [2.45, 2.75) is 19.3 Å². The number of methoxy groups -OCH3 is 1. The third-order valence-electron chi connectivity index (χ3n) is 3.37. The van der Waals surface area contributed by atoms with Crippen molar-refractivity contribution < 1.29 is 14.3 Å². The van der Waals surface area contributed by atoms with Gasteiger partial charge in [-0.05, 0) is 53.4 Å². The van der Waals surface area contributed by atoms with Crippen LogP contribution < -0.4 is 4.74 Å². The molecule has 2 rings (SSSR count). The van der Waals surface area contributed by atoms with E-state index in [1.807, 2.05) is 23.1 Å². The molecule has 1 heterocycles. The Bertz CT molecular complexity index is 458. The number of hydrogen-bond donors (Lipinski definition) is 0. The lowest BCUT2D eigenvalue weighted by atomic mass is 10.1. The van der Waals surface area contributed by atoms with Gasteiger partial charge in [0.25, 0.3) is 5.91 Å². The van der Waals surface area contributed by atoms with Crippen LogP contribution >= 0.6 is 15.9 Å². The Labute approximate surface area is 128 Å². The number of carbonyl (C=O) groups excluding carboxylic acids is 1. The summed E-state index contributed by atoms with van der Waals surface area (Å²) in [7, 11) is 1.64. The van der Waals surface area contributed by atoms with Crippen molar-refractivity contribution in [1.29, 1.82) is 0 Å².